The summed E-state index contributed by atoms with van der Waals surface area (Å²) in [6.45, 7) is 2.02. The van der Waals surface area contributed by atoms with Gasteiger partial charge in [-0.3, -0.25) is 14.7 Å². The normalized spacial score (nSPS) is 15.2. The number of unbranched alkanes of at least 4 members (excludes halogenated alkanes) is 1. The smallest absolute Gasteiger partial charge is 0.303 e. The molecule has 0 fully saturated rings. The van der Waals surface area contributed by atoms with Gasteiger partial charge in [0.2, 0.25) is 0 Å². The van der Waals surface area contributed by atoms with E-state index in [4.69, 9.17) is 10.1 Å². The molecule has 1 aliphatic rings. The van der Waals surface area contributed by atoms with Crippen molar-refractivity contribution in [3.05, 3.63) is 65.4 Å². The van der Waals surface area contributed by atoms with Crippen LogP contribution in [-0.4, -0.2) is 57.1 Å². The van der Waals surface area contributed by atoms with Crippen molar-refractivity contribution in [2.24, 2.45) is 4.99 Å². The summed E-state index contributed by atoms with van der Waals surface area (Å²) in [5, 5.41) is 19.3. The average molecular weight is 442 g/mol. The number of aliphatic carboxylic acids is 1. The number of rotatable bonds is 11. The minimum atomic E-state index is -0.846. The number of H-pyrrole nitrogens is 1. The van der Waals surface area contributed by atoms with Crippen LogP contribution < -0.4 is 0 Å². The number of hydrogen-bond acceptors (Lipinski definition) is 5. The molecule has 0 radical (unpaired) electrons. The zero-order valence-electron chi connectivity index (χ0n) is 18.3. The fourth-order valence-corrected chi connectivity index (χ4v) is 2.99. The van der Waals surface area contributed by atoms with E-state index in [1.165, 1.54) is 12.2 Å². The lowest BCUT2D eigenvalue weighted by atomic mass is 10.1. The molecule has 1 aliphatic carbocycles. The second-order valence-corrected chi connectivity index (χ2v) is 7.15. The summed E-state index contributed by atoms with van der Waals surface area (Å²) in [5.74, 6) is -0.513. The Morgan fingerprint density at radius 3 is 2.78 bits per heavy atom. The first kappa shape index (κ1) is 24.6. The summed E-state index contributed by atoms with van der Waals surface area (Å²) in [6, 6.07) is 0. The molecule has 1 aromatic heterocycles. The number of halogens is 1. The van der Waals surface area contributed by atoms with E-state index in [1.54, 1.807) is 31.3 Å². The molecule has 0 bridgehead atoms. The Hall–Kier alpha value is -3.62. The topological polar surface area (TPSA) is 112 Å². The molecular weight excluding hydrogens is 413 g/mol. The van der Waals surface area contributed by atoms with E-state index in [9.17, 15) is 14.0 Å². The number of carbonyl (C=O) groups excluding carboxylic acids is 1. The summed E-state index contributed by atoms with van der Waals surface area (Å²) in [6.07, 6.45) is 14.6. The van der Waals surface area contributed by atoms with Crippen LogP contribution in [0.2, 0.25) is 0 Å². The Kier molecular flexibility index (Phi) is 9.96. The standard InChI is InChI=1S/C23H28FN5O3/c1-3-19(24)10-7-13-29(2)22(11-4-5-12-23(31)32)26-20-14-17(21-15-25-28-27-21)8-6-9-18(20)16-30/h3,7-10,14-16H,4-6,11-13H2,1-2H3,(H,31,32)(H,25,27,28)/b10-7-,19-3+,26-22-. The Labute approximate surface area is 186 Å². The molecule has 0 spiro atoms. The molecule has 170 valence electrons. The Bertz CT molecular complexity index is 972. The van der Waals surface area contributed by atoms with Gasteiger partial charge in [0.1, 0.15) is 17.4 Å². The zero-order valence-corrected chi connectivity index (χ0v) is 18.3. The first-order valence-corrected chi connectivity index (χ1v) is 10.4. The van der Waals surface area contributed by atoms with E-state index in [-0.39, 0.29) is 12.2 Å². The summed E-state index contributed by atoms with van der Waals surface area (Å²) in [4.78, 5) is 29.2. The molecule has 0 amide bonds. The molecule has 32 heavy (non-hydrogen) atoms. The van der Waals surface area contributed by atoms with Crippen molar-refractivity contribution in [3.63, 3.8) is 0 Å². The van der Waals surface area contributed by atoms with Gasteiger partial charge in [0.25, 0.3) is 0 Å². The summed E-state index contributed by atoms with van der Waals surface area (Å²) < 4.78 is 13.4. The number of aldehydes is 1. The van der Waals surface area contributed by atoms with Crippen LogP contribution in [0.25, 0.3) is 5.57 Å². The van der Waals surface area contributed by atoms with E-state index in [0.717, 1.165) is 11.9 Å². The number of nitrogens with zero attached hydrogens (tertiary/aromatic N) is 4. The quantitative estimate of drug-likeness (QED) is 0.176. The maximum atomic E-state index is 13.4. The number of likely N-dealkylation sites (N-methyl/N-ethyl adjacent to an activating group) is 1. The van der Waals surface area contributed by atoms with Gasteiger partial charge >= 0.3 is 5.97 Å². The van der Waals surface area contributed by atoms with Gasteiger partial charge in [0, 0.05) is 43.8 Å². The van der Waals surface area contributed by atoms with Crippen LogP contribution in [-0.2, 0) is 9.59 Å². The first-order chi connectivity index (χ1) is 15.4. The van der Waals surface area contributed by atoms with Crippen LogP contribution in [0.1, 0.15) is 44.7 Å². The van der Waals surface area contributed by atoms with Crippen LogP contribution in [0, 0.1) is 0 Å². The van der Waals surface area contributed by atoms with Crippen molar-refractivity contribution < 1.29 is 19.1 Å². The third-order valence-corrected chi connectivity index (χ3v) is 4.77. The molecule has 0 saturated carbocycles. The van der Waals surface area contributed by atoms with E-state index >= 15 is 0 Å². The number of carboxylic acid groups (broad SMARTS) is 1. The number of nitrogens with one attached hydrogen (secondary N) is 1. The maximum Gasteiger partial charge on any atom is 0.303 e. The SMILES string of the molecule is C/C=C(F)\C=C/CN(C)/C(CCCCC(=O)O)=N\C1=CC(c2c[nH]nn2)=CCC=C1C=O. The van der Waals surface area contributed by atoms with Gasteiger partial charge in [-0.2, -0.15) is 0 Å². The molecule has 1 heterocycles. The number of carboxylic acids is 1. The van der Waals surface area contributed by atoms with Crippen LogP contribution in [0.3, 0.4) is 0 Å². The molecule has 2 N–H and O–H groups in total. The number of carbonyl (C=O) groups is 2. The van der Waals surface area contributed by atoms with Crippen LogP contribution in [0.4, 0.5) is 4.39 Å². The van der Waals surface area contributed by atoms with E-state index in [2.05, 4.69) is 15.4 Å². The minimum absolute atomic E-state index is 0.0740. The van der Waals surface area contributed by atoms with Crippen LogP contribution in [0.15, 0.2) is 64.7 Å². The zero-order chi connectivity index (χ0) is 23.3. The molecular formula is C23H28FN5O3. The van der Waals surface area contributed by atoms with Crippen molar-refractivity contribution in [3.8, 4) is 0 Å². The molecule has 0 unspecified atom stereocenters. The number of hydrogen-bond donors (Lipinski definition) is 2. The molecule has 9 heteroatoms. The summed E-state index contributed by atoms with van der Waals surface area (Å²) in [7, 11) is 1.82. The van der Waals surface area contributed by atoms with E-state index in [1.807, 2.05) is 18.0 Å². The number of amidine groups is 1. The molecule has 1 aromatic rings. The first-order valence-electron chi connectivity index (χ1n) is 10.4. The Morgan fingerprint density at radius 1 is 1.34 bits per heavy atom. The van der Waals surface area contributed by atoms with Gasteiger partial charge in [-0.05, 0) is 38.3 Å². The van der Waals surface area contributed by atoms with Gasteiger partial charge in [0.05, 0.1) is 5.70 Å². The number of aromatic amines is 1. The van der Waals surface area contributed by atoms with Crippen molar-refractivity contribution in [1.29, 1.82) is 0 Å². The van der Waals surface area contributed by atoms with E-state index in [0.29, 0.717) is 55.0 Å². The molecule has 0 saturated heterocycles. The van der Waals surface area contributed by atoms with Gasteiger partial charge < -0.3 is 10.0 Å². The van der Waals surface area contributed by atoms with Crippen molar-refractivity contribution in [2.45, 2.75) is 39.0 Å². The number of aliphatic imine (C=N–C) groups is 1. The number of allylic oxidation sites excluding steroid dienone is 8. The summed E-state index contributed by atoms with van der Waals surface area (Å²) >= 11 is 0. The fourth-order valence-electron chi connectivity index (χ4n) is 2.99. The third-order valence-electron chi connectivity index (χ3n) is 4.77. The predicted molar refractivity (Wildman–Crippen MR) is 121 cm³/mol. The third kappa shape index (κ3) is 7.90. The highest BCUT2D eigenvalue weighted by Gasteiger charge is 2.14. The maximum absolute atomic E-state index is 13.4. The molecule has 8 nitrogen and oxygen atoms in total. The molecule has 2 rings (SSSR count). The average Bonchev–Trinajstić information content (AvgIpc) is 3.23. The van der Waals surface area contributed by atoms with Gasteiger partial charge in [-0.1, -0.05) is 29.5 Å². The Morgan fingerprint density at radius 2 is 2.12 bits per heavy atom. The van der Waals surface area contributed by atoms with Crippen molar-refractivity contribution >= 4 is 23.7 Å². The predicted octanol–water partition coefficient (Wildman–Crippen LogP) is 4.01. The highest BCUT2D eigenvalue weighted by atomic mass is 19.1. The van der Waals surface area contributed by atoms with Crippen LogP contribution >= 0.6 is 0 Å². The molecule has 0 aromatic carbocycles. The van der Waals surface area contributed by atoms with Gasteiger partial charge in [0.15, 0.2) is 6.29 Å². The highest BCUT2D eigenvalue weighted by molar-refractivity contribution is 5.89. The van der Waals surface area contributed by atoms with Crippen molar-refractivity contribution in [2.75, 3.05) is 13.6 Å². The van der Waals surface area contributed by atoms with Crippen molar-refractivity contribution in [1.82, 2.24) is 20.3 Å². The van der Waals surface area contributed by atoms with E-state index < -0.39 is 5.97 Å². The summed E-state index contributed by atoms with van der Waals surface area (Å²) in [5.41, 5.74) is 2.36. The second-order valence-electron chi connectivity index (χ2n) is 7.15. The Balaban J connectivity index is 2.33. The van der Waals surface area contributed by atoms with Crippen LogP contribution in [0.5, 0.6) is 0 Å². The molecule has 0 aliphatic heterocycles. The highest BCUT2D eigenvalue weighted by Crippen LogP contribution is 2.24. The monoisotopic (exact) mass is 441 g/mol. The minimum Gasteiger partial charge on any atom is -0.481 e. The second kappa shape index (κ2) is 12.9. The van der Waals surface area contributed by atoms with Gasteiger partial charge in [-0.25, -0.2) is 9.38 Å². The number of aromatic nitrogens is 3. The molecule has 0 atom stereocenters. The lowest BCUT2D eigenvalue weighted by molar-refractivity contribution is -0.137. The van der Waals surface area contributed by atoms with Gasteiger partial charge in [-0.15, -0.1) is 5.10 Å². The fraction of sp³-hybridized carbons (Fsp3) is 0.348. The largest absolute Gasteiger partial charge is 0.481 e. The lowest BCUT2D eigenvalue weighted by Crippen LogP contribution is -2.27. The lowest BCUT2D eigenvalue weighted by Gasteiger charge is -2.20.